The Hall–Kier alpha value is -0.855. The van der Waals surface area contributed by atoms with Gasteiger partial charge in [-0.2, -0.15) is 0 Å². The molecule has 3 heteroatoms. The molecule has 0 spiro atoms. The molecule has 9 heavy (non-hydrogen) atoms. The second-order valence-electron chi connectivity index (χ2n) is 1.99. The van der Waals surface area contributed by atoms with E-state index in [1.165, 1.54) is 6.20 Å². The third-order valence-corrected chi connectivity index (χ3v) is 1.14. The first kappa shape index (κ1) is 6.27. The van der Waals surface area contributed by atoms with Crippen molar-refractivity contribution in [3.8, 4) is 0 Å². The Morgan fingerprint density at radius 2 is 2.67 bits per heavy atom. The van der Waals surface area contributed by atoms with Crippen LogP contribution >= 0.6 is 0 Å². The maximum atomic E-state index is 10.1. The topological polar surface area (TPSA) is 29.4 Å². The summed E-state index contributed by atoms with van der Waals surface area (Å²) in [4.78, 5) is 13.9. The number of rotatable bonds is 1. The van der Waals surface area contributed by atoms with Crippen molar-refractivity contribution < 1.29 is 4.79 Å². The molecule has 1 atom stereocenters. The van der Waals surface area contributed by atoms with Gasteiger partial charge in [0.1, 0.15) is 6.29 Å². The summed E-state index contributed by atoms with van der Waals surface area (Å²) in [7, 11) is 5.45. The third-order valence-electron chi connectivity index (χ3n) is 1.14. The van der Waals surface area contributed by atoms with Gasteiger partial charge in [-0.05, 0) is 18.5 Å². The second-order valence-corrected chi connectivity index (χ2v) is 1.99. The monoisotopic (exact) mass is 119 g/mol. The minimum atomic E-state index is -0.0739. The first-order valence-electron chi connectivity index (χ1n) is 2.76. The molecule has 1 aliphatic heterocycles. The van der Waals surface area contributed by atoms with Crippen LogP contribution in [0.15, 0.2) is 16.8 Å². The van der Waals surface area contributed by atoms with Crippen LogP contribution in [0.25, 0.3) is 0 Å². The lowest BCUT2D eigenvalue weighted by Crippen LogP contribution is -2.00. The fourth-order valence-corrected chi connectivity index (χ4v) is 0.705. The van der Waals surface area contributed by atoms with Crippen molar-refractivity contribution in [1.29, 1.82) is 0 Å². The van der Waals surface area contributed by atoms with Gasteiger partial charge >= 0.3 is 0 Å². The van der Waals surface area contributed by atoms with Gasteiger partial charge in [-0.25, -0.2) is 0 Å². The summed E-state index contributed by atoms with van der Waals surface area (Å²) in [5, 5.41) is 0. The lowest BCUT2D eigenvalue weighted by molar-refractivity contribution is -0.105. The lowest BCUT2D eigenvalue weighted by Gasteiger charge is -2.07. The van der Waals surface area contributed by atoms with Crippen molar-refractivity contribution in [1.82, 2.24) is 0 Å². The van der Waals surface area contributed by atoms with Gasteiger partial charge in [-0.3, -0.25) is 9.79 Å². The molecule has 1 rings (SSSR count). The van der Waals surface area contributed by atoms with Gasteiger partial charge in [-0.15, -0.1) is 0 Å². The van der Waals surface area contributed by atoms with Gasteiger partial charge in [0.25, 0.3) is 0 Å². The van der Waals surface area contributed by atoms with Crippen LogP contribution < -0.4 is 0 Å². The average molecular weight is 119 g/mol. The highest BCUT2D eigenvalue weighted by molar-refractivity contribution is 6.21. The number of aldehydes is 1. The van der Waals surface area contributed by atoms with Crippen molar-refractivity contribution in [3.05, 3.63) is 11.8 Å². The van der Waals surface area contributed by atoms with E-state index in [4.69, 9.17) is 7.85 Å². The number of hydrogen-bond donors (Lipinski definition) is 0. The molecule has 0 saturated carbocycles. The van der Waals surface area contributed by atoms with Crippen molar-refractivity contribution >= 4 is 20.3 Å². The van der Waals surface area contributed by atoms with Crippen LogP contribution in [0, 0.1) is 0 Å². The molecular weight excluding hydrogens is 113 g/mol. The third kappa shape index (κ3) is 1.52. The predicted molar refractivity (Wildman–Crippen MR) is 36.8 cm³/mol. The van der Waals surface area contributed by atoms with Crippen molar-refractivity contribution in [2.24, 2.45) is 4.99 Å². The van der Waals surface area contributed by atoms with Crippen LogP contribution in [0.2, 0.25) is 5.82 Å². The molecule has 1 unspecified atom stereocenters. The molecule has 0 aromatic heterocycles. The predicted octanol–water partition coefficient (Wildman–Crippen LogP) is 0.501. The SMILES string of the molecule is [B]C1C=NC=C(C=O)C1. The molecule has 2 radical (unpaired) electrons. The molecule has 0 bridgehead atoms. The van der Waals surface area contributed by atoms with Gasteiger partial charge in [0, 0.05) is 11.8 Å². The highest BCUT2D eigenvalue weighted by Gasteiger charge is 2.04. The van der Waals surface area contributed by atoms with Crippen molar-refractivity contribution in [2.75, 3.05) is 0 Å². The van der Waals surface area contributed by atoms with Gasteiger partial charge in [-0.1, -0.05) is 0 Å². The summed E-state index contributed by atoms with van der Waals surface area (Å²) in [6.07, 6.45) is 4.58. The zero-order valence-electron chi connectivity index (χ0n) is 4.95. The molecular formula is C6H6BNO. The number of hydrogen-bond acceptors (Lipinski definition) is 2. The zero-order valence-corrected chi connectivity index (χ0v) is 4.95. The summed E-state index contributed by atoms with van der Waals surface area (Å²) >= 11 is 0. The van der Waals surface area contributed by atoms with Gasteiger partial charge in [0.15, 0.2) is 0 Å². The van der Waals surface area contributed by atoms with Gasteiger partial charge in [0.05, 0.1) is 7.85 Å². The molecule has 0 amide bonds. The van der Waals surface area contributed by atoms with E-state index in [9.17, 15) is 4.79 Å². The Balaban J connectivity index is 2.65. The van der Waals surface area contributed by atoms with Gasteiger partial charge < -0.3 is 0 Å². The van der Waals surface area contributed by atoms with Crippen LogP contribution in [-0.4, -0.2) is 20.3 Å². The molecule has 0 aromatic rings. The van der Waals surface area contributed by atoms with Crippen molar-refractivity contribution in [3.63, 3.8) is 0 Å². The second kappa shape index (κ2) is 2.62. The summed E-state index contributed by atoms with van der Waals surface area (Å²) in [6, 6.07) is 0. The molecule has 2 nitrogen and oxygen atoms in total. The minimum absolute atomic E-state index is 0.0739. The van der Waals surface area contributed by atoms with E-state index < -0.39 is 0 Å². The van der Waals surface area contributed by atoms with Crippen LogP contribution in [0.4, 0.5) is 0 Å². The molecule has 0 aliphatic carbocycles. The summed E-state index contributed by atoms with van der Waals surface area (Å²) < 4.78 is 0. The molecule has 1 heterocycles. The molecule has 0 aromatic carbocycles. The summed E-state index contributed by atoms with van der Waals surface area (Å²) in [6.45, 7) is 0. The first-order chi connectivity index (χ1) is 4.33. The molecule has 0 saturated heterocycles. The van der Waals surface area contributed by atoms with E-state index in [0.717, 1.165) is 6.29 Å². The standard InChI is InChI=1S/C6H6BNO/c7-6-1-5(4-9)2-8-3-6/h2-4,6H,1H2. The molecule has 0 N–H and O–H groups in total. The Labute approximate surface area is 55.1 Å². The average Bonchev–Trinajstić information content (AvgIpc) is 1.88. The van der Waals surface area contributed by atoms with Gasteiger partial charge in [0.2, 0.25) is 0 Å². The Bertz CT molecular complexity index is 174. The van der Waals surface area contributed by atoms with E-state index in [1.54, 1.807) is 6.21 Å². The van der Waals surface area contributed by atoms with E-state index in [-0.39, 0.29) is 5.82 Å². The number of carbonyl (C=O) groups is 1. The number of carbonyl (C=O) groups excluding carboxylic acids is 1. The van der Waals surface area contributed by atoms with E-state index in [1.807, 2.05) is 0 Å². The fourth-order valence-electron chi connectivity index (χ4n) is 0.705. The van der Waals surface area contributed by atoms with Crippen molar-refractivity contribution in [2.45, 2.75) is 12.2 Å². The van der Waals surface area contributed by atoms with Crippen LogP contribution in [-0.2, 0) is 4.79 Å². The van der Waals surface area contributed by atoms with Crippen LogP contribution in [0.5, 0.6) is 0 Å². The maximum Gasteiger partial charge on any atom is 0.147 e. The van der Waals surface area contributed by atoms with Crippen LogP contribution in [0.3, 0.4) is 0 Å². The lowest BCUT2D eigenvalue weighted by atomic mass is 9.82. The number of nitrogens with zero attached hydrogens (tertiary/aromatic N) is 1. The normalized spacial score (nSPS) is 25.3. The highest BCUT2D eigenvalue weighted by atomic mass is 16.1. The Morgan fingerprint density at radius 1 is 1.89 bits per heavy atom. The van der Waals surface area contributed by atoms with E-state index in [2.05, 4.69) is 4.99 Å². The number of aliphatic imine (C=N–C) groups is 1. The smallest absolute Gasteiger partial charge is 0.147 e. The zero-order chi connectivity index (χ0) is 6.69. The largest absolute Gasteiger partial charge is 0.298 e. The molecule has 1 aliphatic rings. The highest BCUT2D eigenvalue weighted by Crippen LogP contribution is 2.13. The Kier molecular flexibility index (Phi) is 1.83. The molecule has 0 fully saturated rings. The van der Waals surface area contributed by atoms with E-state index in [0.29, 0.717) is 12.0 Å². The summed E-state index contributed by atoms with van der Waals surface area (Å²) in [5.41, 5.74) is 0.671. The quantitative estimate of drug-likeness (QED) is 0.365. The molecule has 44 valence electrons. The van der Waals surface area contributed by atoms with Crippen LogP contribution in [0.1, 0.15) is 6.42 Å². The fraction of sp³-hybridized carbons (Fsp3) is 0.333. The van der Waals surface area contributed by atoms with E-state index >= 15 is 0 Å². The first-order valence-corrected chi connectivity index (χ1v) is 2.76. The summed E-state index contributed by atoms with van der Waals surface area (Å²) in [5.74, 6) is -0.0739. The minimum Gasteiger partial charge on any atom is -0.298 e. The maximum absolute atomic E-state index is 10.1. The Morgan fingerprint density at radius 3 is 3.11 bits per heavy atom. The number of allylic oxidation sites excluding steroid dienone is 1.